The van der Waals surface area contributed by atoms with Crippen molar-refractivity contribution in [3.63, 3.8) is 0 Å². The van der Waals surface area contributed by atoms with E-state index in [-0.39, 0.29) is 11.2 Å². The molecule has 0 aliphatic carbocycles. The molecule has 0 unspecified atom stereocenters. The van der Waals surface area contributed by atoms with E-state index in [0.29, 0.717) is 41.0 Å². The first-order chi connectivity index (χ1) is 12.9. The molecule has 2 aromatic heterocycles. The number of fused-ring (bicyclic) bond motifs is 3. The number of aryl methyl sites for hydroxylation is 2. The number of halogens is 1. The van der Waals surface area contributed by atoms with Crippen molar-refractivity contribution in [2.75, 3.05) is 18.6 Å². The van der Waals surface area contributed by atoms with Crippen LogP contribution in [0.5, 0.6) is 5.75 Å². The SMILES string of the molecule is COc1ccc(CN2CCCn3c2nc2c3c(=O)n(C)c(=O)n2C)cc1Cl. The van der Waals surface area contributed by atoms with Crippen molar-refractivity contribution in [2.45, 2.75) is 19.5 Å². The van der Waals surface area contributed by atoms with Crippen LogP contribution in [0.1, 0.15) is 12.0 Å². The van der Waals surface area contributed by atoms with E-state index < -0.39 is 0 Å². The number of benzene rings is 1. The van der Waals surface area contributed by atoms with Gasteiger partial charge in [0.1, 0.15) is 5.75 Å². The van der Waals surface area contributed by atoms with Gasteiger partial charge in [-0.25, -0.2) is 4.79 Å². The first kappa shape index (κ1) is 17.7. The third-order valence-corrected chi connectivity index (χ3v) is 5.31. The summed E-state index contributed by atoms with van der Waals surface area (Å²) in [5.74, 6) is 1.33. The minimum atomic E-state index is -0.378. The van der Waals surface area contributed by atoms with Gasteiger partial charge in [0.15, 0.2) is 11.2 Å². The molecule has 1 aliphatic heterocycles. The van der Waals surface area contributed by atoms with Gasteiger partial charge in [-0.05, 0) is 24.1 Å². The summed E-state index contributed by atoms with van der Waals surface area (Å²) < 4.78 is 9.66. The van der Waals surface area contributed by atoms with Crippen LogP contribution in [0.25, 0.3) is 11.2 Å². The first-order valence-corrected chi connectivity index (χ1v) is 9.03. The van der Waals surface area contributed by atoms with Crippen LogP contribution in [0.3, 0.4) is 0 Å². The van der Waals surface area contributed by atoms with Crippen LogP contribution in [-0.4, -0.2) is 32.3 Å². The highest BCUT2D eigenvalue weighted by atomic mass is 35.5. The molecule has 27 heavy (non-hydrogen) atoms. The average Bonchev–Trinajstić information content (AvgIpc) is 3.06. The zero-order chi connectivity index (χ0) is 19.3. The summed E-state index contributed by atoms with van der Waals surface area (Å²) in [6.07, 6.45) is 0.883. The number of methoxy groups -OCH3 is 1. The number of hydrogen-bond acceptors (Lipinski definition) is 5. The molecule has 3 heterocycles. The minimum absolute atomic E-state index is 0.318. The zero-order valence-corrected chi connectivity index (χ0v) is 16.2. The second-order valence-electron chi connectivity index (χ2n) is 6.69. The molecule has 142 valence electrons. The predicted octanol–water partition coefficient (Wildman–Crippen LogP) is 1.51. The smallest absolute Gasteiger partial charge is 0.332 e. The maximum Gasteiger partial charge on any atom is 0.332 e. The Morgan fingerprint density at radius 1 is 1.19 bits per heavy atom. The van der Waals surface area contributed by atoms with Crippen molar-refractivity contribution in [3.05, 3.63) is 49.6 Å². The summed E-state index contributed by atoms with van der Waals surface area (Å²) >= 11 is 6.24. The summed E-state index contributed by atoms with van der Waals surface area (Å²) in [7, 11) is 4.71. The normalized spacial score (nSPS) is 13.9. The van der Waals surface area contributed by atoms with Gasteiger partial charge in [-0.2, -0.15) is 4.98 Å². The number of hydrogen-bond donors (Lipinski definition) is 0. The Kier molecular flexibility index (Phi) is 4.22. The van der Waals surface area contributed by atoms with Gasteiger partial charge >= 0.3 is 5.69 Å². The van der Waals surface area contributed by atoms with Crippen molar-refractivity contribution in [3.8, 4) is 5.75 Å². The average molecular weight is 390 g/mol. The van der Waals surface area contributed by atoms with Crippen LogP contribution in [0, 0.1) is 0 Å². The third-order valence-electron chi connectivity index (χ3n) is 5.01. The summed E-state index contributed by atoms with van der Waals surface area (Å²) in [5, 5.41) is 0.553. The van der Waals surface area contributed by atoms with E-state index in [2.05, 4.69) is 9.88 Å². The molecule has 0 saturated heterocycles. The summed E-state index contributed by atoms with van der Waals surface area (Å²) in [6.45, 7) is 2.10. The van der Waals surface area contributed by atoms with Gasteiger partial charge in [0, 0.05) is 33.7 Å². The molecule has 1 aliphatic rings. The van der Waals surface area contributed by atoms with Crippen molar-refractivity contribution in [1.29, 1.82) is 0 Å². The highest BCUT2D eigenvalue weighted by Crippen LogP contribution is 2.29. The largest absolute Gasteiger partial charge is 0.495 e. The number of rotatable bonds is 3. The van der Waals surface area contributed by atoms with Gasteiger partial charge in [-0.1, -0.05) is 17.7 Å². The van der Waals surface area contributed by atoms with Crippen molar-refractivity contribution in [1.82, 2.24) is 18.7 Å². The van der Waals surface area contributed by atoms with Gasteiger partial charge in [0.05, 0.1) is 12.1 Å². The second-order valence-corrected chi connectivity index (χ2v) is 7.09. The minimum Gasteiger partial charge on any atom is -0.495 e. The second kappa shape index (κ2) is 6.45. The first-order valence-electron chi connectivity index (χ1n) is 8.66. The van der Waals surface area contributed by atoms with Crippen molar-refractivity contribution in [2.24, 2.45) is 14.1 Å². The Morgan fingerprint density at radius 3 is 2.67 bits per heavy atom. The summed E-state index contributed by atoms with van der Waals surface area (Å²) in [5.41, 5.74) is 1.20. The summed E-state index contributed by atoms with van der Waals surface area (Å²) in [6, 6.07) is 5.67. The van der Waals surface area contributed by atoms with Gasteiger partial charge in [-0.3, -0.25) is 13.9 Å². The van der Waals surface area contributed by atoms with Crippen LogP contribution in [0.15, 0.2) is 27.8 Å². The Hall–Kier alpha value is -2.74. The van der Waals surface area contributed by atoms with E-state index in [0.717, 1.165) is 23.1 Å². The Morgan fingerprint density at radius 2 is 1.96 bits per heavy atom. The fraction of sp³-hybridized carbons (Fsp3) is 0.389. The van der Waals surface area contributed by atoms with Crippen LogP contribution < -0.4 is 20.9 Å². The van der Waals surface area contributed by atoms with Crippen LogP contribution in [0.2, 0.25) is 5.02 Å². The van der Waals surface area contributed by atoms with Crippen molar-refractivity contribution < 1.29 is 4.74 Å². The number of imidazole rings is 1. The molecule has 4 rings (SSSR count). The quantitative estimate of drug-likeness (QED) is 0.678. The lowest BCUT2D eigenvalue weighted by atomic mass is 10.2. The standard InChI is InChI=1S/C18H20ClN5O3/c1-21-15-14(16(25)22(2)18(21)26)24-8-4-7-23(17(24)20-15)10-11-5-6-13(27-3)12(19)9-11/h5-6,9H,4,7-8,10H2,1-3H3. The highest BCUT2D eigenvalue weighted by Gasteiger charge is 2.25. The maximum atomic E-state index is 12.7. The summed E-state index contributed by atoms with van der Waals surface area (Å²) in [4.78, 5) is 31.6. The lowest BCUT2D eigenvalue weighted by molar-refractivity contribution is 0.415. The van der Waals surface area contributed by atoms with E-state index in [1.54, 1.807) is 14.2 Å². The van der Waals surface area contributed by atoms with Gasteiger partial charge in [0.2, 0.25) is 5.95 Å². The van der Waals surface area contributed by atoms with Crippen molar-refractivity contribution >= 4 is 28.7 Å². The third kappa shape index (κ3) is 2.71. The topological polar surface area (TPSA) is 74.3 Å². The van der Waals surface area contributed by atoms with E-state index in [1.807, 2.05) is 22.8 Å². The van der Waals surface area contributed by atoms with Gasteiger partial charge < -0.3 is 14.2 Å². The molecule has 9 heteroatoms. The molecule has 0 fully saturated rings. The van der Waals surface area contributed by atoms with E-state index in [9.17, 15) is 9.59 Å². The molecule has 0 amide bonds. The van der Waals surface area contributed by atoms with Crippen LogP contribution in [-0.2, 0) is 27.2 Å². The maximum absolute atomic E-state index is 12.7. The number of anilines is 1. The van der Waals surface area contributed by atoms with Crippen LogP contribution in [0.4, 0.5) is 5.95 Å². The molecule has 0 bridgehead atoms. The monoisotopic (exact) mass is 389 g/mol. The Bertz CT molecular complexity index is 1160. The molecule has 0 radical (unpaired) electrons. The zero-order valence-electron chi connectivity index (χ0n) is 15.4. The molecule has 0 saturated carbocycles. The van der Waals surface area contributed by atoms with Gasteiger partial charge in [0.25, 0.3) is 5.56 Å². The molecule has 3 aromatic rings. The molecular weight excluding hydrogens is 370 g/mol. The predicted molar refractivity (Wildman–Crippen MR) is 104 cm³/mol. The molecule has 1 aromatic carbocycles. The number of ether oxygens (including phenoxy) is 1. The molecule has 0 N–H and O–H groups in total. The number of aromatic nitrogens is 4. The van der Waals surface area contributed by atoms with E-state index in [1.165, 1.54) is 11.6 Å². The fourth-order valence-electron chi connectivity index (χ4n) is 3.59. The van der Waals surface area contributed by atoms with Gasteiger partial charge in [-0.15, -0.1) is 0 Å². The Labute approximate surface area is 160 Å². The Balaban J connectivity index is 1.81. The highest BCUT2D eigenvalue weighted by molar-refractivity contribution is 6.32. The van der Waals surface area contributed by atoms with E-state index >= 15 is 0 Å². The number of nitrogens with zero attached hydrogens (tertiary/aromatic N) is 5. The van der Waals surface area contributed by atoms with E-state index in [4.69, 9.17) is 16.3 Å². The molecule has 0 atom stereocenters. The molecule has 8 nitrogen and oxygen atoms in total. The fourth-order valence-corrected chi connectivity index (χ4v) is 3.87. The van der Waals surface area contributed by atoms with Crippen LogP contribution >= 0.6 is 11.6 Å². The molecule has 0 spiro atoms. The lowest BCUT2D eigenvalue weighted by Gasteiger charge is -2.29. The lowest BCUT2D eigenvalue weighted by Crippen LogP contribution is -2.38. The molecular formula is C18H20ClN5O3.